The van der Waals surface area contributed by atoms with Gasteiger partial charge in [0.2, 0.25) is 0 Å². The molecule has 0 fully saturated rings. The molecule has 20 heavy (non-hydrogen) atoms. The molecule has 0 aromatic carbocycles. The van der Waals surface area contributed by atoms with Crippen molar-refractivity contribution in [1.82, 2.24) is 9.78 Å². The Balaban J connectivity index is 2.08. The molecule has 0 N–H and O–H groups in total. The van der Waals surface area contributed by atoms with Crippen molar-refractivity contribution in [2.24, 2.45) is 5.11 Å². The van der Waals surface area contributed by atoms with Crippen molar-refractivity contribution in [3.8, 4) is 0 Å². The lowest BCUT2D eigenvalue weighted by molar-refractivity contribution is 0.304. The lowest BCUT2D eigenvalue weighted by atomic mass is 9.99. The topological polar surface area (TPSA) is 75.8 Å². The van der Waals surface area contributed by atoms with Gasteiger partial charge in [-0.05, 0) is 29.7 Å². The predicted octanol–water partition coefficient (Wildman–Crippen LogP) is 1.39. The largest absolute Gasteiger partial charge is 0.496 e. The Hall–Kier alpha value is -2.46. The van der Waals surface area contributed by atoms with Crippen molar-refractivity contribution in [3.63, 3.8) is 0 Å². The molecule has 0 amide bonds. The Kier molecular flexibility index (Phi) is 3.08. The van der Waals surface area contributed by atoms with Crippen LogP contribution in [0.3, 0.4) is 0 Å². The quantitative estimate of drug-likeness (QED) is 0.470. The molecule has 1 heterocycles. The third-order valence-corrected chi connectivity index (χ3v) is 3.57. The van der Waals surface area contributed by atoms with Gasteiger partial charge in [-0.2, -0.15) is 5.10 Å². The number of methoxy groups -OCH3 is 1. The maximum Gasteiger partial charge on any atom is 0.126 e. The summed E-state index contributed by atoms with van der Waals surface area (Å²) >= 11 is 0. The van der Waals surface area contributed by atoms with Gasteiger partial charge in [0.25, 0.3) is 0 Å². The van der Waals surface area contributed by atoms with Gasteiger partial charge < -0.3 is 4.74 Å². The number of allylic oxidation sites excluding steroid dienone is 3. The second-order valence-electron chi connectivity index (χ2n) is 4.89. The van der Waals surface area contributed by atoms with Crippen molar-refractivity contribution in [2.45, 2.75) is 25.9 Å². The lowest BCUT2D eigenvalue weighted by Crippen LogP contribution is -2.30. The number of rotatable bonds is 4. The SMILES string of the molecule is COC1=C2C=c3c(cnn3C[C@H](C)N=[N+]=[N-])=C2CC=C1. The zero-order valence-electron chi connectivity index (χ0n) is 11.4. The summed E-state index contributed by atoms with van der Waals surface area (Å²) in [7, 11) is 1.68. The molecule has 1 atom stereocenters. The molecule has 6 nitrogen and oxygen atoms in total. The van der Waals surface area contributed by atoms with E-state index in [1.54, 1.807) is 7.11 Å². The van der Waals surface area contributed by atoms with Crippen molar-refractivity contribution in [2.75, 3.05) is 7.11 Å². The van der Waals surface area contributed by atoms with Gasteiger partial charge in [-0.1, -0.05) is 18.1 Å². The number of fused-ring (bicyclic) bond motifs is 2. The van der Waals surface area contributed by atoms with E-state index < -0.39 is 0 Å². The predicted molar refractivity (Wildman–Crippen MR) is 75.8 cm³/mol. The standard InChI is InChI=1S/C14H15N5O/c1-9(17-18-15)8-19-13-6-11-10(12(13)7-16-19)4-3-5-14(11)20-2/h3,5-7,9H,4,8H2,1-2H3/t9-/m0/s1. The molecule has 1 aromatic heterocycles. The number of nitrogens with zero attached hydrogens (tertiary/aromatic N) is 5. The Morgan fingerprint density at radius 2 is 2.45 bits per heavy atom. The number of hydrogen-bond donors (Lipinski definition) is 0. The van der Waals surface area contributed by atoms with Crippen LogP contribution in [-0.4, -0.2) is 22.9 Å². The summed E-state index contributed by atoms with van der Waals surface area (Å²) in [6.45, 7) is 2.45. The molecular weight excluding hydrogens is 254 g/mol. The average molecular weight is 269 g/mol. The van der Waals surface area contributed by atoms with Gasteiger partial charge in [0.15, 0.2) is 0 Å². The molecule has 2 aliphatic carbocycles. The Labute approximate surface area is 116 Å². The molecule has 0 saturated heterocycles. The van der Waals surface area contributed by atoms with E-state index in [0.29, 0.717) is 6.54 Å². The fraction of sp³-hybridized carbons (Fsp3) is 0.357. The number of azide groups is 1. The van der Waals surface area contributed by atoms with Crippen molar-refractivity contribution in [3.05, 3.63) is 50.7 Å². The second kappa shape index (κ2) is 4.90. The van der Waals surface area contributed by atoms with E-state index in [1.807, 2.05) is 23.9 Å². The maximum atomic E-state index is 8.48. The van der Waals surface area contributed by atoms with E-state index in [0.717, 1.165) is 28.3 Å². The number of aromatic nitrogens is 2. The van der Waals surface area contributed by atoms with E-state index in [1.165, 1.54) is 5.57 Å². The fourth-order valence-electron chi connectivity index (χ4n) is 2.66. The van der Waals surface area contributed by atoms with Crippen molar-refractivity contribution < 1.29 is 4.74 Å². The van der Waals surface area contributed by atoms with Gasteiger partial charge in [-0.25, -0.2) is 0 Å². The first-order chi connectivity index (χ1) is 9.74. The highest BCUT2D eigenvalue weighted by Gasteiger charge is 2.20. The zero-order valence-corrected chi connectivity index (χ0v) is 11.4. The first kappa shape index (κ1) is 12.6. The van der Waals surface area contributed by atoms with Gasteiger partial charge in [0, 0.05) is 22.2 Å². The highest BCUT2D eigenvalue weighted by molar-refractivity contribution is 5.84. The van der Waals surface area contributed by atoms with Gasteiger partial charge >= 0.3 is 0 Å². The first-order valence-corrected chi connectivity index (χ1v) is 6.50. The average Bonchev–Trinajstić information content (AvgIpc) is 2.99. The van der Waals surface area contributed by atoms with Crippen LogP contribution in [0, 0.1) is 0 Å². The Bertz CT molecular complexity index is 777. The fourth-order valence-corrected chi connectivity index (χ4v) is 2.66. The Morgan fingerprint density at radius 1 is 1.60 bits per heavy atom. The number of ether oxygens (including phenoxy) is 1. The molecule has 0 aliphatic heterocycles. The van der Waals surface area contributed by atoms with Gasteiger partial charge in [0.1, 0.15) is 5.76 Å². The minimum Gasteiger partial charge on any atom is -0.496 e. The van der Waals surface area contributed by atoms with Gasteiger partial charge in [0.05, 0.1) is 24.7 Å². The summed E-state index contributed by atoms with van der Waals surface area (Å²) in [5, 5.41) is 10.3. The molecule has 0 unspecified atom stereocenters. The highest BCUT2D eigenvalue weighted by Crippen LogP contribution is 2.27. The van der Waals surface area contributed by atoms with Crippen LogP contribution >= 0.6 is 0 Å². The van der Waals surface area contributed by atoms with Crippen LogP contribution in [0.15, 0.2) is 34.8 Å². The van der Waals surface area contributed by atoms with Crippen LogP contribution in [0.25, 0.3) is 22.1 Å². The molecular formula is C14H15N5O. The summed E-state index contributed by atoms with van der Waals surface area (Å²) in [5.41, 5.74) is 10.9. The molecule has 102 valence electrons. The molecule has 6 heteroatoms. The van der Waals surface area contributed by atoms with Gasteiger partial charge in [-0.3, -0.25) is 4.68 Å². The van der Waals surface area contributed by atoms with Crippen molar-refractivity contribution in [1.29, 1.82) is 0 Å². The maximum absolute atomic E-state index is 8.48. The third kappa shape index (κ3) is 1.90. The minimum atomic E-state index is -0.126. The summed E-state index contributed by atoms with van der Waals surface area (Å²) in [6, 6.07) is -0.126. The van der Waals surface area contributed by atoms with Crippen LogP contribution in [0.2, 0.25) is 0 Å². The van der Waals surface area contributed by atoms with E-state index in [4.69, 9.17) is 10.3 Å². The summed E-state index contributed by atoms with van der Waals surface area (Å²) < 4.78 is 7.30. The molecule has 1 aromatic rings. The monoisotopic (exact) mass is 269 g/mol. The smallest absolute Gasteiger partial charge is 0.126 e. The van der Waals surface area contributed by atoms with Crippen LogP contribution < -0.4 is 10.6 Å². The first-order valence-electron chi connectivity index (χ1n) is 6.50. The van der Waals surface area contributed by atoms with Crippen LogP contribution in [-0.2, 0) is 11.3 Å². The lowest BCUT2D eigenvalue weighted by Gasteiger charge is -2.12. The summed E-state index contributed by atoms with van der Waals surface area (Å²) in [6.07, 6.45) is 8.97. The Morgan fingerprint density at radius 3 is 3.20 bits per heavy atom. The third-order valence-electron chi connectivity index (χ3n) is 3.57. The van der Waals surface area contributed by atoms with E-state index >= 15 is 0 Å². The van der Waals surface area contributed by atoms with Crippen LogP contribution in [0.5, 0.6) is 0 Å². The normalized spacial score (nSPS) is 17.2. The summed E-state index contributed by atoms with van der Waals surface area (Å²) in [5.74, 6) is 0.886. The minimum absolute atomic E-state index is 0.126. The second-order valence-corrected chi connectivity index (χ2v) is 4.89. The molecule has 0 bridgehead atoms. The summed E-state index contributed by atoms with van der Waals surface area (Å²) in [4.78, 5) is 2.84. The van der Waals surface area contributed by atoms with E-state index in [-0.39, 0.29) is 6.04 Å². The van der Waals surface area contributed by atoms with Crippen molar-refractivity contribution >= 4 is 11.6 Å². The van der Waals surface area contributed by atoms with E-state index in [2.05, 4.69) is 27.3 Å². The molecule has 3 rings (SSSR count). The van der Waals surface area contributed by atoms with Crippen LogP contribution in [0.4, 0.5) is 0 Å². The van der Waals surface area contributed by atoms with Gasteiger partial charge in [-0.15, -0.1) is 0 Å². The van der Waals surface area contributed by atoms with E-state index in [9.17, 15) is 0 Å². The zero-order chi connectivity index (χ0) is 14.1. The number of hydrogen-bond acceptors (Lipinski definition) is 3. The molecule has 0 spiro atoms. The highest BCUT2D eigenvalue weighted by atomic mass is 16.5. The molecule has 0 saturated carbocycles. The molecule has 0 radical (unpaired) electrons. The van der Waals surface area contributed by atoms with Crippen LogP contribution in [0.1, 0.15) is 13.3 Å². The molecule has 2 aliphatic rings.